The summed E-state index contributed by atoms with van der Waals surface area (Å²) in [5.41, 5.74) is 3.16. The van der Waals surface area contributed by atoms with Gasteiger partial charge >= 0.3 is 0 Å². The third kappa shape index (κ3) is 5.27. The molecule has 0 saturated heterocycles. The zero-order valence-electron chi connectivity index (χ0n) is 14.8. The molecule has 2 aromatic carbocycles. The minimum Gasteiger partial charge on any atom is -0.494 e. The number of hydrogen-bond acceptors (Lipinski definition) is 2. The van der Waals surface area contributed by atoms with E-state index in [9.17, 15) is 4.79 Å². The molecule has 0 bridgehead atoms. The van der Waals surface area contributed by atoms with Gasteiger partial charge in [-0.3, -0.25) is 4.79 Å². The summed E-state index contributed by atoms with van der Waals surface area (Å²) in [7, 11) is 0. The highest BCUT2D eigenvalue weighted by molar-refractivity contribution is 6.01. The largest absolute Gasteiger partial charge is 0.494 e. The molecule has 24 heavy (non-hydrogen) atoms. The fraction of sp³-hybridized carbons (Fsp3) is 0.286. The highest BCUT2D eigenvalue weighted by atomic mass is 16.5. The van der Waals surface area contributed by atoms with Crippen LogP contribution in [0.2, 0.25) is 0 Å². The van der Waals surface area contributed by atoms with Crippen molar-refractivity contribution >= 4 is 17.7 Å². The Kier molecular flexibility index (Phi) is 5.80. The highest BCUT2D eigenvalue weighted by Crippen LogP contribution is 2.22. The summed E-state index contributed by atoms with van der Waals surface area (Å²) in [6, 6.07) is 15.6. The summed E-state index contributed by atoms with van der Waals surface area (Å²) in [5.74, 6) is 0.643. The van der Waals surface area contributed by atoms with Crippen molar-refractivity contribution in [3.05, 3.63) is 65.7 Å². The van der Waals surface area contributed by atoms with Gasteiger partial charge in [0.15, 0.2) is 0 Å². The second-order valence-electron chi connectivity index (χ2n) is 6.65. The van der Waals surface area contributed by atoms with E-state index in [1.807, 2.05) is 49.4 Å². The van der Waals surface area contributed by atoms with E-state index in [2.05, 4.69) is 38.2 Å². The zero-order valence-corrected chi connectivity index (χ0v) is 14.8. The number of anilines is 1. The van der Waals surface area contributed by atoms with E-state index in [4.69, 9.17) is 4.74 Å². The quantitative estimate of drug-likeness (QED) is 0.783. The SMILES string of the molecule is CCOc1ccc(NC(=O)C=Cc2ccc(C(C)(C)C)cc2)cc1. The number of carbonyl (C=O) groups is 1. The third-order valence-electron chi connectivity index (χ3n) is 3.64. The van der Waals surface area contributed by atoms with Crippen molar-refractivity contribution in [3.8, 4) is 5.75 Å². The lowest BCUT2D eigenvalue weighted by Gasteiger charge is -2.18. The van der Waals surface area contributed by atoms with Crippen LogP contribution >= 0.6 is 0 Å². The number of amides is 1. The molecule has 0 fully saturated rings. The van der Waals surface area contributed by atoms with Crippen LogP contribution in [0.1, 0.15) is 38.8 Å². The van der Waals surface area contributed by atoms with Crippen LogP contribution in [0.4, 0.5) is 5.69 Å². The van der Waals surface area contributed by atoms with E-state index >= 15 is 0 Å². The molecule has 1 amide bonds. The van der Waals surface area contributed by atoms with Gasteiger partial charge in [-0.05, 0) is 53.8 Å². The highest BCUT2D eigenvalue weighted by Gasteiger charge is 2.12. The molecular formula is C21H25NO2. The number of benzene rings is 2. The second-order valence-corrected chi connectivity index (χ2v) is 6.65. The monoisotopic (exact) mass is 323 g/mol. The van der Waals surface area contributed by atoms with Gasteiger partial charge in [-0.25, -0.2) is 0 Å². The maximum atomic E-state index is 12.0. The minimum atomic E-state index is -0.154. The topological polar surface area (TPSA) is 38.3 Å². The number of ether oxygens (including phenoxy) is 1. The molecule has 126 valence electrons. The summed E-state index contributed by atoms with van der Waals surface area (Å²) in [6.45, 7) is 9.11. The number of hydrogen-bond donors (Lipinski definition) is 1. The van der Waals surface area contributed by atoms with Crippen molar-refractivity contribution in [1.29, 1.82) is 0 Å². The Hall–Kier alpha value is -2.55. The van der Waals surface area contributed by atoms with E-state index in [-0.39, 0.29) is 11.3 Å². The standard InChI is InChI=1S/C21H25NO2/c1-5-24-19-13-11-18(12-14-19)22-20(23)15-8-16-6-9-17(10-7-16)21(2,3)4/h6-15H,5H2,1-4H3,(H,22,23). The van der Waals surface area contributed by atoms with E-state index in [1.54, 1.807) is 6.08 Å². The van der Waals surface area contributed by atoms with Crippen molar-refractivity contribution < 1.29 is 9.53 Å². The Morgan fingerprint density at radius 2 is 1.67 bits per heavy atom. The minimum absolute atomic E-state index is 0.132. The lowest BCUT2D eigenvalue weighted by atomic mass is 9.87. The Bertz CT molecular complexity index is 692. The first kappa shape index (κ1) is 17.8. The molecule has 0 radical (unpaired) electrons. The third-order valence-corrected chi connectivity index (χ3v) is 3.64. The zero-order chi connectivity index (χ0) is 17.6. The maximum absolute atomic E-state index is 12.0. The summed E-state index contributed by atoms with van der Waals surface area (Å²) in [4.78, 5) is 12.0. The summed E-state index contributed by atoms with van der Waals surface area (Å²) in [6.07, 6.45) is 3.36. The van der Waals surface area contributed by atoms with Gasteiger partial charge in [-0.1, -0.05) is 45.0 Å². The molecule has 0 aliphatic carbocycles. The molecular weight excluding hydrogens is 298 g/mol. The molecule has 0 unspecified atom stereocenters. The van der Waals surface area contributed by atoms with Gasteiger partial charge in [0.1, 0.15) is 5.75 Å². The number of carbonyl (C=O) groups excluding carboxylic acids is 1. The lowest BCUT2D eigenvalue weighted by molar-refractivity contribution is -0.111. The summed E-state index contributed by atoms with van der Waals surface area (Å²) < 4.78 is 5.38. The average Bonchev–Trinajstić information content (AvgIpc) is 2.55. The number of rotatable bonds is 5. The Balaban J connectivity index is 1.95. The molecule has 0 heterocycles. The van der Waals surface area contributed by atoms with E-state index in [0.717, 1.165) is 17.0 Å². The fourth-order valence-electron chi connectivity index (χ4n) is 2.25. The molecule has 2 rings (SSSR count). The lowest BCUT2D eigenvalue weighted by Crippen LogP contribution is -2.10. The Morgan fingerprint density at radius 3 is 2.21 bits per heavy atom. The van der Waals surface area contributed by atoms with Crippen molar-refractivity contribution in [3.63, 3.8) is 0 Å². The molecule has 0 atom stereocenters. The summed E-state index contributed by atoms with van der Waals surface area (Å²) >= 11 is 0. The molecule has 1 N–H and O–H groups in total. The van der Waals surface area contributed by atoms with Gasteiger partial charge in [0.05, 0.1) is 6.61 Å². The molecule has 0 saturated carbocycles. The molecule has 0 aromatic heterocycles. The maximum Gasteiger partial charge on any atom is 0.248 e. The average molecular weight is 323 g/mol. The van der Waals surface area contributed by atoms with Crippen molar-refractivity contribution in [1.82, 2.24) is 0 Å². The van der Waals surface area contributed by atoms with Gasteiger partial charge in [0.25, 0.3) is 0 Å². The van der Waals surface area contributed by atoms with Crippen LogP contribution in [0.25, 0.3) is 6.08 Å². The van der Waals surface area contributed by atoms with Gasteiger partial charge in [-0.15, -0.1) is 0 Å². The smallest absolute Gasteiger partial charge is 0.248 e. The number of nitrogens with one attached hydrogen (secondary N) is 1. The van der Waals surface area contributed by atoms with Crippen LogP contribution in [-0.4, -0.2) is 12.5 Å². The van der Waals surface area contributed by atoms with E-state index in [1.165, 1.54) is 5.56 Å². The van der Waals surface area contributed by atoms with Gasteiger partial charge in [-0.2, -0.15) is 0 Å². The van der Waals surface area contributed by atoms with Gasteiger partial charge in [0, 0.05) is 11.8 Å². The van der Waals surface area contributed by atoms with Crippen LogP contribution in [0.15, 0.2) is 54.6 Å². The molecule has 3 heteroatoms. The molecule has 0 aliphatic heterocycles. The predicted molar refractivity (Wildman–Crippen MR) is 100 cm³/mol. The summed E-state index contributed by atoms with van der Waals surface area (Å²) in [5, 5.41) is 2.84. The molecule has 0 aliphatic rings. The van der Waals surface area contributed by atoms with Crippen LogP contribution in [0.5, 0.6) is 5.75 Å². The van der Waals surface area contributed by atoms with Crippen LogP contribution in [0.3, 0.4) is 0 Å². The van der Waals surface area contributed by atoms with E-state index < -0.39 is 0 Å². The second kappa shape index (κ2) is 7.82. The van der Waals surface area contributed by atoms with Gasteiger partial charge in [0.2, 0.25) is 5.91 Å². The van der Waals surface area contributed by atoms with Crippen molar-refractivity contribution in [2.45, 2.75) is 33.1 Å². The first-order valence-electron chi connectivity index (χ1n) is 8.21. The van der Waals surface area contributed by atoms with Crippen molar-refractivity contribution in [2.24, 2.45) is 0 Å². The first-order chi connectivity index (χ1) is 11.4. The normalized spacial score (nSPS) is 11.5. The van der Waals surface area contributed by atoms with Crippen LogP contribution in [-0.2, 0) is 10.2 Å². The van der Waals surface area contributed by atoms with Crippen LogP contribution in [0, 0.1) is 0 Å². The molecule has 2 aromatic rings. The Labute approximate surface area is 144 Å². The predicted octanol–water partition coefficient (Wildman–Crippen LogP) is 5.03. The Morgan fingerprint density at radius 1 is 1.04 bits per heavy atom. The fourth-order valence-corrected chi connectivity index (χ4v) is 2.25. The first-order valence-corrected chi connectivity index (χ1v) is 8.21. The van der Waals surface area contributed by atoms with E-state index in [0.29, 0.717) is 6.61 Å². The molecule has 0 spiro atoms. The van der Waals surface area contributed by atoms with Crippen molar-refractivity contribution in [2.75, 3.05) is 11.9 Å². The van der Waals surface area contributed by atoms with Gasteiger partial charge < -0.3 is 10.1 Å². The van der Waals surface area contributed by atoms with Crippen LogP contribution < -0.4 is 10.1 Å². The molecule has 3 nitrogen and oxygen atoms in total.